The molecule has 0 saturated heterocycles. The van der Waals surface area contributed by atoms with E-state index in [1.165, 1.54) is 12.1 Å². The Morgan fingerprint density at radius 1 is 1.04 bits per heavy atom. The van der Waals surface area contributed by atoms with Gasteiger partial charge in [0, 0.05) is 48.4 Å². The van der Waals surface area contributed by atoms with E-state index in [1.807, 2.05) is 24.3 Å². The minimum Gasteiger partial charge on any atom is -0.348 e. The maximum atomic E-state index is 10.9. The first kappa shape index (κ1) is 17.3. The number of imidazole rings is 1. The van der Waals surface area contributed by atoms with Gasteiger partial charge in [0.15, 0.2) is 0 Å². The van der Waals surface area contributed by atoms with E-state index in [-0.39, 0.29) is 5.69 Å². The molecule has 8 nitrogen and oxygen atoms in total. The lowest BCUT2D eigenvalue weighted by Gasteiger charge is -2.08. The molecule has 0 aliphatic carbocycles. The molecule has 2 N–H and O–H groups in total. The Hall–Kier alpha value is -4.07. The number of rotatable bonds is 6. The molecule has 0 aliphatic rings. The fourth-order valence-electron chi connectivity index (χ4n) is 2.83. The number of hydrogen-bond acceptors (Lipinski definition) is 6. The van der Waals surface area contributed by atoms with E-state index in [9.17, 15) is 10.1 Å². The minimum absolute atomic E-state index is 0.00628. The van der Waals surface area contributed by atoms with Crippen LogP contribution < -0.4 is 5.32 Å². The van der Waals surface area contributed by atoms with Crippen molar-refractivity contribution in [2.75, 3.05) is 5.32 Å². The van der Waals surface area contributed by atoms with Gasteiger partial charge in [0.25, 0.3) is 5.69 Å². The van der Waals surface area contributed by atoms with Crippen molar-refractivity contribution in [1.29, 1.82) is 0 Å². The second kappa shape index (κ2) is 7.67. The molecule has 28 heavy (non-hydrogen) atoms. The van der Waals surface area contributed by atoms with Crippen molar-refractivity contribution in [1.82, 2.24) is 19.9 Å². The van der Waals surface area contributed by atoms with Gasteiger partial charge in [0.2, 0.25) is 5.95 Å². The lowest BCUT2D eigenvalue weighted by Crippen LogP contribution is -1.99. The first-order chi connectivity index (χ1) is 13.7. The van der Waals surface area contributed by atoms with E-state index < -0.39 is 4.92 Å². The molecule has 0 aliphatic heterocycles. The first-order valence-corrected chi connectivity index (χ1v) is 8.59. The van der Waals surface area contributed by atoms with Gasteiger partial charge < -0.3 is 10.3 Å². The number of anilines is 2. The van der Waals surface area contributed by atoms with Crippen LogP contribution in [0.2, 0.25) is 0 Å². The second-order valence-corrected chi connectivity index (χ2v) is 6.11. The summed E-state index contributed by atoms with van der Waals surface area (Å²) in [6.07, 6.45) is 5.89. The van der Waals surface area contributed by atoms with Crippen LogP contribution >= 0.6 is 0 Å². The van der Waals surface area contributed by atoms with Crippen molar-refractivity contribution < 1.29 is 4.92 Å². The van der Waals surface area contributed by atoms with Crippen molar-refractivity contribution in [3.05, 3.63) is 94.7 Å². The quantitative estimate of drug-likeness (QED) is 0.389. The van der Waals surface area contributed by atoms with Crippen molar-refractivity contribution in [3.63, 3.8) is 0 Å². The van der Waals surface area contributed by atoms with Crippen LogP contribution in [-0.4, -0.2) is 24.9 Å². The maximum absolute atomic E-state index is 10.9. The molecule has 0 bridgehead atoms. The molecular formula is C20H16N6O2. The highest BCUT2D eigenvalue weighted by molar-refractivity contribution is 5.63. The zero-order valence-corrected chi connectivity index (χ0v) is 14.7. The van der Waals surface area contributed by atoms with E-state index in [4.69, 9.17) is 0 Å². The molecule has 0 saturated carbocycles. The zero-order chi connectivity index (χ0) is 19.3. The normalized spacial score (nSPS) is 10.6. The highest BCUT2D eigenvalue weighted by Crippen LogP contribution is 2.23. The number of non-ortho nitro benzene ring substituents is 1. The maximum Gasteiger partial charge on any atom is 0.271 e. The monoisotopic (exact) mass is 372 g/mol. The molecule has 8 heteroatoms. The zero-order valence-electron chi connectivity index (χ0n) is 14.7. The predicted molar refractivity (Wildman–Crippen MR) is 105 cm³/mol. The molecule has 2 heterocycles. The van der Waals surface area contributed by atoms with Crippen LogP contribution in [0.4, 0.5) is 17.3 Å². The number of aromatic nitrogens is 4. The fourth-order valence-corrected chi connectivity index (χ4v) is 2.83. The largest absolute Gasteiger partial charge is 0.348 e. The molecule has 0 amide bonds. The van der Waals surface area contributed by atoms with Gasteiger partial charge in [-0.1, -0.05) is 24.3 Å². The molecule has 0 radical (unpaired) electrons. The Kier molecular flexibility index (Phi) is 4.75. The number of nitrogens with zero attached hydrogens (tertiary/aromatic N) is 4. The summed E-state index contributed by atoms with van der Waals surface area (Å²) in [5.41, 5.74) is 3.38. The molecule has 0 unspecified atom stereocenters. The van der Waals surface area contributed by atoms with Crippen LogP contribution in [0.25, 0.3) is 11.3 Å². The average molecular weight is 372 g/mol. The van der Waals surface area contributed by atoms with Crippen molar-refractivity contribution in [3.8, 4) is 11.3 Å². The van der Waals surface area contributed by atoms with Crippen molar-refractivity contribution in [2.24, 2.45) is 0 Å². The lowest BCUT2D eigenvalue weighted by atomic mass is 10.1. The predicted octanol–water partition coefficient (Wildman–Crippen LogP) is 4.11. The summed E-state index contributed by atoms with van der Waals surface area (Å²) in [6.45, 7) is 0. The van der Waals surface area contributed by atoms with Gasteiger partial charge in [-0.3, -0.25) is 10.1 Å². The molecule has 0 spiro atoms. The van der Waals surface area contributed by atoms with Gasteiger partial charge in [-0.2, -0.15) is 0 Å². The molecule has 2 aromatic carbocycles. The average Bonchev–Trinajstić information content (AvgIpc) is 3.22. The van der Waals surface area contributed by atoms with Gasteiger partial charge in [-0.15, -0.1) is 0 Å². The number of benzene rings is 2. The number of aromatic amines is 1. The third-order valence-corrected chi connectivity index (χ3v) is 4.12. The number of H-pyrrole nitrogens is 1. The summed E-state index contributed by atoms with van der Waals surface area (Å²) in [5, 5.41) is 13.9. The van der Waals surface area contributed by atoms with Gasteiger partial charge in [-0.25, -0.2) is 15.0 Å². The Morgan fingerprint density at radius 3 is 2.75 bits per heavy atom. The fraction of sp³-hybridized carbons (Fsp3) is 0.0500. The van der Waals surface area contributed by atoms with Crippen LogP contribution in [0.15, 0.2) is 73.2 Å². The molecule has 2 aromatic heterocycles. The summed E-state index contributed by atoms with van der Waals surface area (Å²) in [6, 6.07) is 16.1. The molecular weight excluding hydrogens is 356 g/mol. The number of nitro benzene ring substituents is 1. The molecule has 4 rings (SSSR count). The summed E-state index contributed by atoms with van der Waals surface area (Å²) in [4.78, 5) is 26.6. The summed E-state index contributed by atoms with van der Waals surface area (Å²) in [5.74, 6) is 1.27. The van der Waals surface area contributed by atoms with Crippen LogP contribution in [0.1, 0.15) is 11.4 Å². The van der Waals surface area contributed by atoms with E-state index in [0.717, 1.165) is 22.6 Å². The van der Waals surface area contributed by atoms with Crippen molar-refractivity contribution in [2.45, 2.75) is 6.42 Å². The minimum atomic E-state index is -0.438. The molecule has 0 fully saturated rings. The highest BCUT2D eigenvalue weighted by atomic mass is 16.6. The standard InChI is InChI=1S/C20H16N6O2/c27-26(28)17-6-2-5-16(13-17)24-20-23-8-7-18(25-20)15-4-1-3-14(11-15)12-19-21-9-10-22-19/h1-11,13H,12H2,(H,21,22)(H,23,24,25). The SMILES string of the molecule is O=[N+]([O-])c1cccc(Nc2nccc(-c3cccc(Cc4ncc[nH]4)c3)n2)c1. The molecule has 138 valence electrons. The van der Waals surface area contributed by atoms with Crippen LogP contribution in [0, 0.1) is 10.1 Å². The number of nitrogens with one attached hydrogen (secondary N) is 2. The Morgan fingerprint density at radius 2 is 1.93 bits per heavy atom. The van der Waals surface area contributed by atoms with E-state index in [2.05, 4.69) is 31.3 Å². The van der Waals surface area contributed by atoms with E-state index in [1.54, 1.807) is 30.7 Å². The van der Waals surface area contributed by atoms with Crippen LogP contribution in [-0.2, 0) is 6.42 Å². The summed E-state index contributed by atoms with van der Waals surface area (Å²) in [7, 11) is 0. The van der Waals surface area contributed by atoms with Gasteiger partial charge in [0.1, 0.15) is 5.82 Å². The van der Waals surface area contributed by atoms with E-state index in [0.29, 0.717) is 18.1 Å². The second-order valence-electron chi connectivity index (χ2n) is 6.11. The van der Waals surface area contributed by atoms with Gasteiger partial charge in [0.05, 0.1) is 10.6 Å². The van der Waals surface area contributed by atoms with Gasteiger partial charge in [-0.05, 0) is 23.8 Å². The summed E-state index contributed by atoms with van der Waals surface area (Å²) < 4.78 is 0. The first-order valence-electron chi connectivity index (χ1n) is 8.59. The van der Waals surface area contributed by atoms with Gasteiger partial charge >= 0.3 is 0 Å². The van der Waals surface area contributed by atoms with Crippen LogP contribution in [0.5, 0.6) is 0 Å². The molecule has 4 aromatic rings. The third kappa shape index (κ3) is 4.01. The summed E-state index contributed by atoms with van der Waals surface area (Å²) >= 11 is 0. The van der Waals surface area contributed by atoms with E-state index >= 15 is 0 Å². The number of nitro groups is 1. The Balaban J connectivity index is 1.57. The third-order valence-electron chi connectivity index (χ3n) is 4.12. The molecule has 0 atom stereocenters. The highest BCUT2D eigenvalue weighted by Gasteiger charge is 2.08. The topological polar surface area (TPSA) is 110 Å². The number of hydrogen-bond donors (Lipinski definition) is 2. The van der Waals surface area contributed by atoms with Crippen LogP contribution in [0.3, 0.4) is 0 Å². The lowest BCUT2D eigenvalue weighted by molar-refractivity contribution is -0.384. The smallest absolute Gasteiger partial charge is 0.271 e. The van der Waals surface area contributed by atoms with Crippen molar-refractivity contribution >= 4 is 17.3 Å². The Bertz CT molecular complexity index is 1110. The Labute approximate surface area is 160 Å².